The summed E-state index contributed by atoms with van der Waals surface area (Å²) < 4.78 is 5.65. The van der Waals surface area contributed by atoms with Crippen molar-refractivity contribution >= 4 is 40.6 Å². The van der Waals surface area contributed by atoms with E-state index in [-0.39, 0.29) is 0 Å². The number of nitrogens with one attached hydrogen (secondary N) is 1. The van der Waals surface area contributed by atoms with E-state index in [2.05, 4.69) is 10.3 Å². The summed E-state index contributed by atoms with van der Waals surface area (Å²) in [6.07, 6.45) is 1.71. The molecule has 0 amide bonds. The van der Waals surface area contributed by atoms with Crippen molar-refractivity contribution in [3.8, 4) is 5.75 Å². The average Bonchev–Trinajstić information content (AvgIpc) is 2.41. The zero-order chi connectivity index (χ0) is 13.8. The lowest BCUT2D eigenvalue weighted by Crippen LogP contribution is -2.02. The first-order chi connectivity index (χ1) is 9.11. The summed E-state index contributed by atoms with van der Waals surface area (Å²) in [6, 6.07) is 6.92. The van der Waals surface area contributed by atoms with E-state index in [1.54, 1.807) is 25.4 Å². The number of aromatic nitrogens is 1. The lowest BCUT2D eigenvalue weighted by molar-refractivity contribution is 0.306. The van der Waals surface area contributed by atoms with Gasteiger partial charge in [0.1, 0.15) is 18.2 Å². The van der Waals surface area contributed by atoms with Gasteiger partial charge in [-0.15, -0.1) is 0 Å². The predicted octanol–water partition coefficient (Wildman–Crippen LogP) is 4.66. The fourth-order valence-corrected chi connectivity index (χ4v) is 2.14. The maximum Gasteiger partial charge on any atom is 0.139 e. The average molecular weight is 318 g/mol. The second-order valence-corrected chi connectivity index (χ2v) is 4.97. The molecule has 6 heteroatoms. The number of nitrogens with zero attached hydrogens (tertiary/aromatic N) is 1. The molecule has 0 saturated heterocycles. The number of benzene rings is 1. The normalized spacial score (nSPS) is 10.3. The fourth-order valence-electron chi connectivity index (χ4n) is 1.55. The van der Waals surface area contributed by atoms with Gasteiger partial charge in [0.05, 0.1) is 15.1 Å². The van der Waals surface area contributed by atoms with Crippen LogP contribution in [0.1, 0.15) is 5.56 Å². The third-order valence-electron chi connectivity index (χ3n) is 2.49. The van der Waals surface area contributed by atoms with Crippen LogP contribution in [-0.4, -0.2) is 12.0 Å². The van der Waals surface area contributed by atoms with Gasteiger partial charge in [0.25, 0.3) is 0 Å². The van der Waals surface area contributed by atoms with Crippen molar-refractivity contribution in [1.29, 1.82) is 0 Å². The Labute approximate surface area is 126 Å². The van der Waals surface area contributed by atoms with Crippen LogP contribution in [0.4, 0.5) is 5.82 Å². The number of hydrogen-bond donors (Lipinski definition) is 1. The molecule has 0 spiro atoms. The van der Waals surface area contributed by atoms with Gasteiger partial charge in [-0.3, -0.25) is 0 Å². The minimum absolute atomic E-state index is 0.335. The molecule has 2 rings (SSSR count). The Kier molecular flexibility index (Phi) is 4.75. The van der Waals surface area contributed by atoms with Crippen LogP contribution in [0.2, 0.25) is 15.1 Å². The summed E-state index contributed by atoms with van der Waals surface area (Å²) >= 11 is 17.8. The topological polar surface area (TPSA) is 34.2 Å². The van der Waals surface area contributed by atoms with Gasteiger partial charge >= 0.3 is 0 Å². The molecular weight excluding hydrogens is 307 g/mol. The summed E-state index contributed by atoms with van der Waals surface area (Å²) in [5.41, 5.74) is 0.923. The summed E-state index contributed by atoms with van der Waals surface area (Å²) in [5.74, 6) is 1.25. The smallest absolute Gasteiger partial charge is 0.139 e. The first-order valence-electron chi connectivity index (χ1n) is 5.51. The first kappa shape index (κ1) is 14.3. The van der Waals surface area contributed by atoms with Gasteiger partial charge in [-0.2, -0.15) is 0 Å². The standard InChI is InChI=1S/C13H11Cl3N2O/c1-17-13-8(3-2-4-18-13)7-19-12-6-10(15)9(14)5-11(12)16/h2-6H,7H2,1H3,(H,17,18). The van der Waals surface area contributed by atoms with Gasteiger partial charge in [-0.05, 0) is 12.1 Å². The largest absolute Gasteiger partial charge is 0.487 e. The summed E-state index contributed by atoms with van der Waals surface area (Å²) in [5, 5.41) is 4.22. The summed E-state index contributed by atoms with van der Waals surface area (Å²) in [4.78, 5) is 4.19. The Hall–Kier alpha value is -1.16. The number of halogens is 3. The number of rotatable bonds is 4. The molecule has 0 atom stereocenters. The van der Waals surface area contributed by atoms with E-state index in [9.17, 15) is 0 Å². The Morgan fingerprint density at radius 1 is 1.16 bits per heavy atom. The van der Waals surface area contributed by atoms with E-state index in [0.29, 0.717) is 27.4 Å². The van der Waals surface area contributed by atoms with E-state index in [4.69, 9.17) is 39.5 Å². The van der Waals surface area contributed by atoms with Crippen LogP contribution >= 0.6 is 34.8 Å². The van der Waals surface area contributed by atoms with Crippen molar-refractivity contribution in [2.75, 3.05) is 12.4 Å². The van der Waals surface area contributed by atoms with Crippen LogP contribution in [0.3, 0.4) is 0 Å². The molecule has 2 aromatic rings. The molecule has 0 radical (unpaired) electrons. The van der Waals surface area contributed by atoms with Crippen LogP contribution < -0.4 is 10.1 Å². The van der Waals surface area contributed by atoms with Crippen molar-refractivity contribution in [2.24, 2.45) is 0 Å². The second-order valence-electron chi connectivity index (χ2n) is 3.75. The third-order valence-corrected chi connectivity index (χ3v) is 3.50. The molecule has 1 aromatic heterocycles. The Morgan fingerprint density at radius 3 is 2.63 bits per heavy atom. The Morgan fingerprint density at radius 2 is 1.89 bits per heavy atom. The highest BCUT2D eigenvalue weighted by Gasteiger charge is 2.08. The number of pyridine rings is 1. The van der Waals surface area contributed by atoms with Crippen LogP contribution in [0.15, 0.2) is 30.5 Å². The van der Waals surface area contributed by atoms with Crippen LogP contribution in [0.5, 0.6) is 5.75 Å². The minimum atomic E-state index is 0.335. The monoisotopic (exact) mass is 316 g/mol. The van der Waals surface area contributed by atoms with E-state index < -0.39 is 0 Å². The van der Waals surface area contributed by atoms with Gasteiger partial charge < -0.3 is 10.1 Å². The maximum absolute atomic E-state index is 6.04. The van der Waals surface area contributed by atoms with Crippen molar-refractivity contribution in [3.05, 3.63) is 51.1 Å². The van der Waals surface area contributed by atoms with Gasteiger partial charge in [0.2, 0.25) is 0 Å². The SMILES string of the molecule is CNc1ncccc1COc1cc(Cl)c(Cl)cc1Cl. The highest BCUT2D eigenvalue weighted by atomic mass is 35.5. The molecule has 0 aliphatic carbocycles. The zero-order valence-electron chi connectivity index (χ0n) is 10.1. The van der Waals surface area contributed by atoms with Gasteiger partial charge in [0, 0.05) is 24.9 Å². The van der Waals surface area contributed by atoms with E-state index >= 15 is 0 Å². The van der Waals surface area contributed by atoms with Crippen molar-refractivity contribution in [3.63, 3.8) is 0 Å². The molecule has 0 aliphatic heterocycles. The van der Waals surface area contributed by atoms with Crippen molar-refractivity contribution < 1.29 is 4.74 Å². The molecule has 0 fully saturated rings. The molecular formula is C13H11Cl3N2O. The minimum Gasteiger partial charge on any atom is -0.487 e. The van der Waals surface area contributed by atoms with Gasteiger partial charge in [-0.25, -0.2) is 4.98 Å². The highest BCUT2D eigenvalue weighted by Crippen LogP contribution is 2.34. The molecule has 0 unspecified atom stereocenters. The third kappa shape index (κ3) is 3.44. The second kappa shape index (κ2) is 6.33. The highest BCUT2D eigenvalue weighted by molar-refractivity contribution is 6.43. The molecule has 1 N–H and O–H groups in total. The molecule has 0 bridgehead atoms. The van der Waals surface area contributed by atoms with Gasteiger partial charge in [-0.1, -0.05) is 40.9 Å². The Balaban J connectivity index is 2.17. The first-order valence-corrected chi connectivity index (χ1v) is 6.64. The van der Waals surface area contributed by atoms with Crippen LogP contribution in [-0.2, 0) is 6.61 Å². The molecule has 100 valence electrons. The molecule has 0 saturated carbocycles. The lowest BCUT2D eigenvalue weighted by atomic mass is 10.2. The van der Waals surface area contributed by atoms with Crippen LogP contribution in [0.25, 0.3) is 0 Å². The summed E-state index contributed by atoms with van der Waals surface area (Å²) in [7, 11) is 1.80. The molecule has 0 aliphatic rings. The molecule has 3 nitrogen and oxygen atoms in total. The fraction of sp³-hybridized carbons (Fsp3) is 0.154. The lowest BCUT2D eigenvalue weighted by Gasteiger charge is -2.11. The van der Waals surface area contributed by atoms with E-state index in [1.807, 2.05) is 12.1 Å². The van der Waals surface area contributed by atoms with Crippen molar-refractivity contribution in [1.82, 2.24) is 4.98 Å². The zero-order valence-corrected chi connectivity index (χ0v) is 12.4. The van der Waals surface area contributed by atoms with Crippen molar-refractivity contribution in [2.45, 2.75) is 6.61 Å². The molecule has 19 heavy (non-hydrogen) atoms. The quantitative estimate of drug-likeness (QED) is 0.833. The molecule has 1 aromatic carbocycles. The number of hydrogen-bond acceptors (Lipinski definition) is 3. The number of ether oxygens (including phenoxy) is 1. The number of anilines is 1. The predicted molar refractivity (Wildman–Crippen MR) is 79.6 cm³/mol. The van der Waals surface area contributed by atoms with E-state index in [0.717, 1.165) is 11.4 Å². The van der Waals surface area contributed by atoms with Gasteiger partial charge in [0.15, 0.2) is 0 Å². The molecule has 1 heterocycles. The summed E-state index contributed by atoms with van der Waals surface area (Å²) in [6.45, 7) is 0.335. The van der Waals surface area contributed by atoms with E-state index in [1.165, 1.54) is 0 Å². The Bertz CT molecular complexity index is 590. The maximum atomic E-state index is 6.04. The van der Waals surface area contributed by atoms with Crippen LogP contribution in [0, 0.1) is 0 Å².